The molecule has 0 fully saturated rings. The average molecular weight is 391 g/mol. The second-order valence-electron chi connectivity index (χ2n) is 6.43. The summed E-state index contributed by atoms with van der Waals surface area (Å²) in [7, 11) is 0. The van der Waals surface area contributed by atoms with E-state index in [0.717, 1.165) is 23.2 Å². The van der Waals surface area contributed by atoms with E-state index in [9.17, 15) is 18.0 Å². The molecule has 0 saturated carbocycles. The van der Waals surface area contributed by atoms with E-state index in [4.69, 9.17) is 4.74 Å². The monoisotopic (exact) mass is 391 g/mol. The summed E-state index contributed by atoms with van der Waals surface area (Å²) in [4.78, 5) is 21.3. The molecule has 0 aliphatic heterocycles. The SMILES string of the molecule is CCc1nc2nc(-c3ccccc3)c(CC(=O)OCCC(F)(F)F)n2cc1C. The van der Waals surface area contributed by atoms with Gasteiger partial charge in [0.05, 0.1) is 30.8 Å². The van der Waals surface area contributed by atoms with Gasteiger partial charge in [-0.05, 0) is 18.9 Å². The second kappa shape index (κ2) is 8.00. The van der Waals surface area contributed by atoms with Crippen LogP contribution in [0, 0.1) is 6.92 Å². The van der Waals surface area contributed by atoms with Crippen LogP contribution in [0.25, 0.3) is 17.0 Å². The van der Waals surface area contributed by atoms with Crippen LogP contribution >= 0.6 is 0 Å². The van der Waals surface area contributed by atoms with Crippen molar-refractivity contribution in [2.24, 2.45) is 0 Å². The molecule has 5 nitrogen and oxygen atoms in total. The van der Waals surface area contributed by atoms with Crippen LogP contribution in [-0.4, -0.2) is 33.1 Å². The van der Waals surface area contributed by atoms with Crippen molar-refractivity contribution in [2.45, 2.75) is 39.3 Å². The average Bonchev–Trinajstić information content (AvgIpc) is 2.98. The normalized spacial score (nSPS) is 11.8. The first-order valence-corrected chi connectivity index (χ1v) is 8.93. The summed E-state index contributed by atoms with van der Waals surface area (Å²) in [5.41, 5.74) is 3.74. The lowest BCUT2D eigenvalue weighted by Gasteiger charge is -2.09. The summed E-state index contributed by atoms with van der Waals surface area (Å²) in [6.45, 7) is 3.21. The van der Waals surface area contributed by atoms with Crippen LogP contribution in [-0.2, 0) is 22.4 Å². The standard InChI is InChI=1S/C20H20F3N3O2/c1-3-15-13(2)12-26-16(11-17(27)28-10-9-20(21,22)23)18(25-19(26)24-15)14-7-5-4-6-8-14/h4-8,12H,3,9-11H2,1-2H3. The highest BCUT2D eigenvalue weighted by atomic mass is 19.4. The number of fused-ring (bicyclic) bond motifs is 1. The van der Waals surface area contributed by atoms with Crippen LogP contribution in [0.4, 0.5) is 13.2 Å². The molecule has 3 aromatic rings. The number of nitrogens with zero attached hydrogens (tertiary/aromatic N) is 3. The Kier molecular flexibility index (Phi) is 5.67. The molecule has 0 aliphatic carbocycles. The van der Waals surface area contributed by atoms with Crippen molar-refractivity contribution in [1.82, 2.24) is 14.4 Å². The maximum absolute atomic E-state index is 12.3. The number of ether oxygens (including phenoxy) is 1. The quantitative estimate of drug-likeness (QED) is 0.588. The number of rotatable bonds is 6. The molecule has 2 aromatic heterocycles. The van der Waals surface area contributed by atoms with Crippen molar-refractivity contribution in [3.8, 4) is 11.3 Å². The zero-order chi connectivity index (χ0) is 20.3. The number of aryl methyl sites for hydroxylation is 2. The predicted octanol–water partition coefficient (Wildman–Crippen LogP) is 4.31. The summed E-state index contributed by atoms with van der Waals surface area (Å²) < 4.78 is 43.3. The van der Waals surface area contributed by atoms with Crippen molar-refractivity contribution in [1.29, 1.82) is 0 Å². The molecule has 0 unspecified atom stereocenters. The van der Waals surface area contributed by atoms with Crippen LogP contribution in [0.5, 0.6) is 0 Å². The molecule has 0 spiro atoms. The number of carbonyl (C=O) groups excluding carboxylic acids is 1. The molecule has 0 N–H and O–H groups in total. The smallest absolute Gasteiger partial charge is 0.392 e. The Morgan fingerprint density at radius 1 is 1.18 bits per heavy atom. The van der Waals surface area contributed by atoms with Gasteiger partial charge in [-0.15, -0.1) is 0 Å². The number of hydrogen-bond donors (Lipinski definition) is 0. The van der Waals surface area contributed by atoms with E-state index in [2.05, 4.69) is 9.97 Å². The molecule has 2 heterocycles. The van der Waals surface area contributed by atoms with Gasteiger partial charge in [0, 0.05) is 17.5 Å². The van der Waals surface area contributed by atoms with Gasteiger partial charge in [0.15, 0.2) is 0 Å². The highest BCUT2D eigenvalue weighted by Gasteiger charge is 2.27. The van der Waals surface area contributed by atoms with Crippen LogP contribution in [0.2, 0.25) is 0 Å². The van der Waals surface area contributed by atoms with Crippen LogP contribution in [0.1, 0.15) is 30.3 Å². The minimum Gasteiger partial charge on any atom is -0.465 e. The molecular weight excluding hydrogens is 371 g/mol. The molecule has 0 aliphatic rings. The Labute approximate surface area is 160 Å². The summed E-state index contributed by atoms with van der Waals surface area (Å²) in [6.07, 6.45) is -3.15. The van der Waals surface area contributed by atoms with E-state index in [1.54, 1.807) is 4.40 Å². The molecule has 3 rings (SSSR count). The fourth-order valence-corrected chi connectivity index (χ4v) is 2.97. The first-order valence-electron chi connectivity index (χ1n) is 8.93. The maximum Gasteiger partial charge on any atom is 0.392 e. The van der Waals surface area contributed by atoms with E-state index in [1.807, 2.05) is 50.4 Å². The number of benzene rings is 1. The number of halogens is 3. The summed E-state index contributed by atoms with van der Waals surface area (Å²) in [6, 6.07) is 9.27. The number of imidazole rings is 1. The van der Waals surface area contributed by atoms with E-state index >= 15 is 0 Å². The van der Waals surface area contributed by atoms with E-state index in [0.29, 0.717) is 17.2 Å². The van der Waals surface area contributed by atoms with Gasteiger partial charge in [0.1, 0.15) is 0 Å². The molecule has 8 heteroatoms. The molecule has 0 amide bonds. The number of esters is 1. The minimum atomic E-state index is -4.36. The van der Waals surface area contributed by atoms with Crippen molar-refractivity contribution in [3.63, 3.8) is 0 Å². The third-order valence-corrected chi connectivity index (χ3v) is 4.35. The summed E-state index contributed by atoms with van der Waals surface area (Å²) in [5, 5.41) is 0. The lowest BCUT2D eigenvalue weighted by Crippen LogP contribution is -2.16. The van der Waals surface area contributed by atoms with E-state index < -0.39 is 25.2 Å². The van der Waals surface area contributed by atoms with Crippen LogP contribution in [0.3, 0.4) is 0 Å². The van der Waals surface area contributed by atoms with Crippen LogP contribution in [0.15, 0.2) is 36.5 Å². The minimum absolute atomic E-state index is 0.199. The predicted molar refractivity (Wildman–Crippen MR) is 97.9 cm³/mol. The maximum atomic E-state index is 12.3. The lowest BCUT2D eigenvalue weighted by molar-refractivity contribution is -0.158. The third-order valence-electron chi connectivity index (χ3n) is 4.35. The highest BCUT2D eigenvalue weighted by molar-refractivity contribution is 5.77. The molecule has 0 saturated heterocycles. The lowest BCUT2D eigenvalue weighted by atomic mass is 10.1. The van der Waals surface area contributed by atoms with Crippen molar-refractivity contribution in [3.05, 3.63) is 53.5 Å². The highest BCUT2D eigenvalue weighted by Crippen LogP contribution is 2.26. The van der Waals surface area contributed by atoms with Gasteiger partial charge in [-0.25, -0.2) is 9.97 Å². The molecule has 0 atom stereocenters. The van der Waals surface area contributed by atoms with Gasteiger partial charge < -0.3 is 4.74 Å². The molecular formula is C20H20F3N3O2. The zero-order valence-corrected chi connectivity index (χ0v) is 15.6. The molecule has 0 bridgehead atoms. The summed E-state index contributed by atoms with van der Waals surface area (Å²) in [5.74, 6) is -0.292. The fraction of sp³-hybridized carbons (Fsp3) is 0.350. The van der Waals surface area contributed by atoms with Crippen molar-refractivity contribution < 1.29 is 22.7 Å². The third kappa shape index (κ3) is 4.49. The fourth-order valence-electron chi connectivity index (χ4n) is 2.97. The second-order valence-corrected chi connectivity index (χ2v) is 6.43. The van der Waals surface area contributed by atoms with Gasteiger partial charge >= 0.3 is 12.1 Å². The Morgan fingerprint density at radius 2 is 1.89 bits per heavy atom. The van der Waals surface area contributed by atoms with Crippen molar-refractivity contribution in [2.75, 3.05) is 6.61 Å². The Bertz CT molecular complexity index is 982. The first-order chi connectivity index (χ1) is 13.3. The number of aromatic nitrogens is 3. The number of hydrogen-bond acceptors (Lipinski definition) is 4. The Morgan fingerprint density at radius 3 is 2.54 bits per heavy atom. The molecule has 28 heavy (non-hydrogen) atoms. The van der Waals surface area contributed by atoms with Gasteiger partial charge in [-0.2, -0.15) is 13.2 Å². The Balaban J connectivity index is 1.96. The molecule has 0 radical (unpaired) electrons. The van der Waals surface area contributed by atoms with Gasteiger partial charge in [-0.1, -0.05) is 37.3 Å². The Hall–Kier alpha value is -2.90. The number of alkyl halides is 3. The first kappa shape index (κ1) is 19.9. The topological polar surface area (TPSA) is 56.5 Å². The van der Waals surface area contributed by atoms with Gasteiger partial charge in [-0.3, -0.25) is 9.20 Å². The molecule has 148 valence electrons. The van der Waals surface area contributed by atoms with Crippen LogP contribution < -0.4 is 0 Å². The largest absolute Gasteiger partial charge is 0.465 e. The number of carbonyl (C=O) groups is 1. The van der Waals surface area contributed by atoms with E-state index in [1.165, 1.54) is 0 Å². The van der Waals surface area contributed by atoms with E-state index in [-0.39, 0.29) is 6.42 Å². The van der Waals surface area contributed by atoms with Crippen molar-refractivity contribution >= 4 is 11.7 Å². The molecule has 1 aromatic carbocycles. The van der Waals surface area contributed by atoms with Gasteiger partial charge in [0.25, 0.3) is 0 Å². The van der Waals surface area contributed by atoms with Gasteiger partial charge in [0.2, 0.25) is 5.78 Å². The zero-order valence-electron chi connectivity index (χ0n) is 15.6. The summed E-state index contributed by atoms with van der Waals surface area (Å²) >= 11 is 0.